The molecule has 12 aliphatic carbocycles. The Morgan fingerprint density at radius 2 is 0.278 bits per heavy atom. The van der Waals surface area contributed by atoms with E-state index in [2.05, 4.69) is 58.8 Å². The van der Waals surface area contributed by atoms with Crippen LogP contribution < -0.4 is 0 Å². The molecule has 0 aromatic heterocycles. The van der Waals surface area contributed by atoms with E-state index in [1.165, 1.54) is 0 Å². The molecule has 72 heavy (non-hydrogen) atoms. The molecular formula is C54H72N12O6. The van der Waals surface area contributed by atoms with Crippen molar-refractivity contribution in [3.05, 3.63) is 0 Å². The van der Waals surface area contributed by atoms with Gasteiger partial charge in [0.2, 0.25) is 0 Å². The van der Waals surface area contributed by atoms with Crippen molar-refractivity contribution in [1.82, 2.24) is 58.8 Å². The molecule has 7 saturated heterocycles. The van der Waals surface area contributed by atoms with Crippen molar-refractivity contribution in [2.75, 3.05) is 40.0 Å². The van der Waals surface area contributed by atoms with E-state index < -0.39 is 0 Å². The quantitative estimate of drug-likeness (QED) is 0.328. The third-order valence-corrected chi connectivity index (χ3v) is 26.1. The average molecular weight is 985 g/mol. The first-order chi connectivity index (χ1) is 35.2. The van der Waals surface area contributed by atoms with Crippen molar-refractivity contribution in [3.63, 3.8) is 0 Å². The van der Waals surface area contributed by atoms with Crippen molar-refractivity contribution in [3.8, 4) is 0 Å². The summed E-state index contributed by atoms with van der Waals surface area (Å²) in [7, 11) is 0. The minimum Gasteiger partial charge on any atom is -0.301 e. The molecule has 12 saturated carbocycles. The maximum atomic E-state index is 15.5. The number of carbonyl (C=O) groups excluding carboxylic acids is 6. The maximum Gasteiger partial charge on any atom is 0.323 e. The van der Waals surface area contributed by atoms with Gasteiger partial charge in [-0.15, -0.1) is 0 Å². The first-order valence-corrected chi connectivity index (χ1v) is 29.6. The largest absolute Gasteiger partial charge is 0.323 e. The normalized spacial score (nSPS) is 53.2. The van der Waals surface area contributed by atoms with Gasteiger partial charge in [0, 0.05) is 0 Å². The zero-order chi connectivity index (χ0) is 47.2. The summed E-state index contributed by atoms with van der Waals surface area (Å²) >= 11 is 0. The fourth-order valence-corrected chi connectivity index (χ4v) is 24.0. The summed E-state index contributed by atoms with van der Waals surface area (Å²) in [6.45, 7) is 1.61. The van der Waals surface area contributed by atoms with Gasteiger partial charge in [0.05, 0.1) is 113 Å². The Kier molecular flexibility index (Phi) is 7.69. The monoisotopic (exact) mass is 985 g/mol. The van der Waals surface area contributed by atoms with Crippen LogP contribution in [0.15, 0.2) is 0 Å². The molecule has 0 radical (unpaired) electrons. The molecule has 19 aliphatic rings. The number of amides is 12. The van der Waals surface area contributed by atoms with E-state index in [-0.39, 0.29) is 149 Å². The Labute approximate surface area is 421 Å². The van der Waals surface area contributed by atoms with Crippen LogP contribution in [-0.2, 0) is 0 Å². The van der Waals surface area contributed by atoms with Gasteiger partial charge in [0.1, 0.15) is 0 Å². The molecular weight excluding hydrogens is 913 g/mol. The Morgan fingerprint density at radius 3 is 0.375 bits per heavy atom. The highest BCUT2D eigenvalue weighted by Gasteiger charge is 2.70. The predicted octanol–water partition coefficient (Wildman–Crippen LogP) is 5.17. The Balaban J connectivity index is 0.732. The third kappa shape index (κ3) is 4.69. The number of nitrogens with zero attached hydrogens (tertiary/aromatic N) is 12. The van der Waals surface area contributed by atoms with E-state index in [1.54, 1.807) is 0 Å². The van der Waals surface area contributed by atoms with Crippen LogP contribution in [0, 0.1) is 71.0 Å². The number of rotatable bonds is 0. The number of carbonyl (C=O) groups is 6. The summed E-state index contributed by atoms with van der Waals surface area (Å²) < 4.78 is 0. The molecule has 0 N–H and O–H groups in total. The molecule has 384 valence electrons. The molecule has 18 heteroatoms. The molecule has 0 aromatic rings. The molecule has 18 nitrogen and oxygen atoms in total. The minimum atomic E-state index is -0.0225. The van der Waals surface area contributed by atoms with Crippen LogP contribution in [0.5, 0.6) is 0 Å². The fraction of sp³-hybridized carbons (Fsp3) is 0.889. The van der Waals surface area contributed by atoms with Gasteiger partial charge in [-0.05, 0) is 187 Å². The molecule has 0 spiro atoms. The molecule has 19 fully saturated rings. The van der Waals surface area contributed by atoms with Gasteiger partial charge in [-0.1, -0.05) is 0 Å². The highest BCUT2D eigenvalue weighted by Crippen LogP contribution is 2.60. The number of hydrogen-bond acceptors (Lipinski definition) is 6. The minimum absolute atomic E-state index is 0.0131. The summed E-state index contributed by atoms with van der Waals surface area (Å²) in [5.74, 6) is 4.59. The summed E-state index contributed by atoms with van der Waals surface area (Å²) in [4.78, 5) is 118. The zero-order valence-electron chi connectivity index (χ0n) is 41.6. The summed E-state index contributed by atoms with van der Waals surface area (Å²) in [6.07, 6.45) is 19.7. The molecule has 24 atom stereocenters. The van der Waals surface area contributed by atoms with Crippen LogP contribution in [0.4, 0.5) is 28.8 Å². The fourth-order valence-electron chi connectivity index (χ4n) is 24.0. The lowest BCUT2D eigenvalue weighted by Gasteiger charge is -2.37. The van der Waals surface area contributed by atoms with E-state index >= 15 is 28.8 Å². The van der Waals surface area contributed by atoms with Crippen LogP contribution in [0.3, 0.4) is 0 Å². The van der Waals surface area contributed by atoms with Crippen LogP contribution in [0.2, 0.25) is 0 Å². The Hall–Kier alpha value is -4.38. The van der Waals surface area contributed by atoms with Crippen LogP contribution in [0.1, 0.15) is 116 Å². The Morgan fingerprint density at radius 1 is 0.181 bits per heavy atom. The predicted molar refractivity (Wildman–Crippen MR) is 254 cm³/mol. The van der Waals surface area contributed by atoms with Crippen LogP contribution >= 0.6 is 0 Å². The van der Waals surface area contributed by atoms with Gasteiger partial charge in [0.15, 0.2) is 0 Å². The van der Waals surface area contributed by atoms with Gasteiger partial charge in [-0.2, -0.15) is 0 Å². The lowest BCUT2D eigenvalue weighted by molar-refractivity contribution is 0.100. The second-order valence-electron chi connectivity index (χ2n) is 28.1. The van der Waals surface area contributed by atoms with Gasteiger partial charge >= 0.3 is 36.2 Å². The van der Waals surface area contributed by atoms with Gasteiger partial charge in [-0.3, -0.25) is 0 Å². The average Bonchev–Trinajstić information content (AvgIpc) is 4.21. The summed E-state index contributed by atoms with van der Waals surface area (Å²) in [6, 6.07) is 0.0224. The van der Waals surface area contributed by atoms with Crippen molar-refractivity contribution in [2.24, 2.45) is 71.0 Å². The third-order valence-electron chi connectivity index (χ3n) is 26.1. The second-order valence-corrected chi connectivity index (χ2v) is 28.1. The number of hydrogen-bond donors (Lipinski definition) is 0. The maximum absolute atomic E-state index is 15.5. The molecule has 0 aromatic carbocycles. The highest BCUT2D eigenvalue weighted by molar-refractivity contribution is 5.86. The lowest BCUT2D eigenvalue weighted by atomic mass is 9.89. The number of urea groups is 6. The van der Waals surface area contributed by atoms with Crippen molar-refractivity contribution in [1.29, 1.82) is 0 Å². The second kappa shape index (κ2) is 13.5. The SMILES string of the molecule is O=C1N2CN3C(=O)N(CN4C(=O)N(CN5C(=O)N(CN6C(=O)N(CN7C(=O)N(CN1C1C8CCC(C8)C12)C1C2CCC(C2)C17)C1C2CCC(C2)C16)C1C2CCC(C2)C15)C1C2CCC(C2)C14)C1C2CCC(C2)C13. The molecule has 7 aliphatic heterocycles. The molecule has 12 amide bonds. The van der Waals surface area contributed by atoms with Gasteiger partial charge < -0.3 is 58.8 Å². The molecule has 24 bridgehead atoms. The van der Waals surface area contributed by atoms with Crippen molar-refractivity contribution < 1.29 is 28.8 Å². The van der Waals surface area contributed by atoms with Gasteiger partial charge in [0.25, 0.3) is 0 Å². The number of fused-ring (bicyclic) bond motifs is 54. The van der Waals surface area contributed by atoms with E-state index in [4.69, 9.17) is 0 Å². The molecule has 7 heterocycles. The van der Waals surface area contributed by atoms with E-state index in [1.807, 2.05) is 0 Å². The lowest BCUT2D eigenvalue weighted by Crippen LogP contribution is -2.52. The van der Waals surface area contributed by atoms with Crippen LogP contribution in [-0.4, -0.2) is 207 Å². The Bertz CT molecular complexity index is 1960. The summed E-state index contributed by atoms with van der Waals surface area (Å²) in [5.41, 5.74) is 0. The van der Waals surface area contributed by atoms with Crippen LogP contribution in [0.25, 0.3) is 0 Å². The topological polar surface area (TPSA) is 141 Å². The van der Waals surface area contributed by atoms with E-state index in [9.17, 15) is 0 Å². The zero-order valence-corrected chi connectivity index (χ0v) is 41.6. The highest BCUT2D eigenvalue weighted by atomic mass is 16.2. The standard InChI is InChI=1S/C54H72N12O6/c67-49-55-19-57-39-27-3-4-28(14-27)40(39)59(50(57)68)21-61-43-31-7-8-32(16-31)44(43)63(52(61)70)23-65-47-35-11-12-36(18-35)48(47)66(54(65)72)24-64-46-34-10-9-33(17-34)45(46)62(53(64)71)22-60-42-30-6-5-29(15-30)41(42)58(51(60)69)20-56(49)38-26-2-1-25(13-26)37(38)55/h25-48H,1-24H2. The van der Waals surface area contributed by atoms with E-state index in [0.717, 1.165) is 116 Å². The first kappa shape index (κ1) is 40.9. The first-order valence-electron chi connectivity index (χ1n) is 29.6. The molecule has 19 rings (SSSR count). The van der Waals surface area contributed by atoms with Crippen molar-refractivity contribution >= 4 is 36.2 Å². The molecule has 24 unspecified atom stereocenters. The van der Waals surface area contributed by atoms with Gasteiger partial charge in [-0.25, -0.2) is 28.8 Å². The smallest absolute Gasteiger partial charge is 0.301 e. The summed E-state index contributed by atoms with van der Waals surface area (Å²) in [5, 5.41) is 0. The van der Waals surface area contributed by atoms with Crippen molar-refractivity contribution in [2.45, 2.75) is 188 Å². The van der Waals surface area contributed by atoms with E-state index in [0.29, 0.717) is 71.0 Å².